The Kier molecular flexibility index (Phi) is 8.19. The number of aldehydes is 1. The van der Waals surface area contributed by atoms with Gasteiger partial charge in [-0.2, -0.15) is 8.75 Å². The fraction of sp³-hybridized carbons (Fsp3) is 0.125. The summed E-state index contributed by atoms with van der Waals surface area (Å²) in [6.07, 6.45) is 1.14. The lowest BCUT2D eigenvalue weighted by Crippen LogP contribution is -2.29. The van der Waals surface area contributed by atoms with Crippen LogP contribution in [0.2, 0.25) is 0 Å². The molecule has 1 unspecified atom stereocenters. The van der Waals surface area contributed by atoms with Crippen molar-refractivity contribution in [1.82, 2.24) is 8.75 Å². The molecule has 0 amide bonds. The molecule has 6 rings (SSSR count). The minimum absolute atomic E-state index is 0.306. The van der Waals surface area contributed by atoms with Gasteiger partial charge < -0.3 is 19.3 Å². The average Bonchev–Trinajstić information content (AvgIpc) is 3.59. The molecule has 1 atom stereocenters. The molecule has 0 saturated heterocycles. The van der Waals surface area contributed by atoms with Gasteiger partial charge in [-0.15, -0.1) is 0 Å². The molecule has 1 aromatic heterocycles. The highest BCUT2D eigenvalue weighted by atomic mass is 32.1. The van der Waals surface area contributed by atoms with Crippen LogP contribution in [0.3, 0.4) is 0 Å². The maximum atomic E-state index is 13.2. The monoisotopic (exact) mass is 566 g/mol. The van der Waals surface area contributed by atoms with Gasteiger partial charge in [0.2, 0.25) is 0 Å². The molecule has 0 aliphatic carbocycles. The third kappa shape index (κ3) is 5.72. The highest BCUT2D eigenvalue weighted by molar-refractivity contribution is 7.00. The summed E-state index contributed by atoms with van der Waals surface area (Å²) in [5.41, 5.74) is 4.81. The molecule has 2 heterocycles. The van der Waals surface area contributed by atoms with Crippen LogP contribution >= 0.6 is 11.7 Å². The zero-order valence-electron chi connectivity index (χ0n) is 22.3. The predicted octanol–water partition coefficient (Wildman–Crippen LogP) is 5.61. The second kappa shape index (κ2) is 12.1. The Morgan fingerprint density at radius 2 is 1.54 bits per heavy atom. The molecule has 0 spiro atoms. The number of carbonyl (C=O) groups excluding carboxylic acids is 2. The highest BCUT2D eigenvalue weighted by Gasteiger charge is 2.48. The number of methoxy groups -OCH3 is 2. The molecule has 0 radical (unpaired) electrons. The van der Waals surface area contributed by atoms with Gasteiger partial charge in [0.15, 0.2) is 11.5 Å². The van der Waals surface area contributed by atoms with E-state index in [1.54, 1.807) is 42.5 Å². The number of benzene rings is 4. The first-order valence-electron chi connectivity index (χ1n) is 12.7. The minimum atomic E-state index is -1.98. The Hall–Kier alpha value is -4.86. The van der Waals surface area contributed by atoms with Gasteiger partial charge in [0.25, 0.3) is 5.79 Å². The Morgan fingerprint density at radius 3 is 2.20 bits per heavy atom. The number of fused-ring (bicyclic) bond motifs is 1. The molecule has 41 heavy (non-hydrogen) atoms. The summed E-state index contributed by atoms with van der Waals surface area (Å²) < 4.78 is 24.9. The third-order valence-electron chi connectivity index (χ3n) is 6.63. The Morgan fingerprint density at radius 1 is 0.854 bits per heavy atom. The number of cyclic esters (lactones) is 1. The van der Waals surface area contributed by atoms with Crippen molar-refractivity contribution in [3.63, 3.8) is 0 Å². The Balaban J connectivity index is 0.000000365. The zero-order chi connectivity index (χ0) is 28.8. The fourth-order valence-electron chi connectivity index (χ4n) is 4.59. The number of hydrogen-bond acceptors (Lipinski definition) is 9. The summed E-state index contributed by atoms with van der Waals surface area (Å²) in [4.78, 5) is 23.2. The first-order chi connectivity index (χ1) is 20.0. The van der Waals surface area contributed by atoms with Crippen LogP contribution in [0.1, 0.15) is 27.0 Å². The van der Waals surface area contributed by atoms with E-state index in [1.165, 1.54) is 14.2 Å². The van der Waals surface area contributed by atoms with Crippen LogP contribution < -0.4 is 9.47 Å². The molecule has 5 aromatic rings. The third-order valence-corrected chi connectivity index (χ3v) is 7.19. The normalized spacial score (nSPS) is 16.1. The van der Waals surface area contributed by atoms with Gasteiger partial charge in [-0.3, -0.25) is 4.79 Å². The van der Waals surface area contributed by atoms with Gasteiger partial charge in [0, 0.05) is 23.1 Å². The number of aromatic nitrogens is 2. The number of ether oxygens (including phenoxy) is 3. The van der Waals surface area contributed by atoms with Crippen LogP contribution in [0.4, 0.5) is 0 Å². The van der Waals surface area contributed by atoms with Crippen molar-refractivity contribution in [2.24, 2.45) is 0 Å². The fourth-order valence-corrected chi connectivity index (χ4v) is 5.11. The lowest BCUT2D eigenvalue weighted by Gasteiger charge is -2.26. The van der Waals surface area contributed by atoms with Crippen molar-refractivity contribution in [3.8, 4) is 11.5 Å². The molecular formula is C32H26N2O6S. The largest absolute Gasteiger partial charge is 0.493 e. The molecule has 1 aliphatic rings. The summed E-state index contributed by atoms with van der Waals surface area (Å²) in [6, 6.07) is 29.1. The second-order valence-corrected chi connectivity index (χ2v) is 9.64. The number of rotatable bonds is 7. The first kappa shape index (κ1) is 27.7. The van der Waals surface area contributed by atoms with E-state index >= 15 is 0 Å². The van der Waals surface area contributed by atoms with Crippen molar-refractivity contribution in [2.75, 3.05) is 14.2 Å². The molecule has 206 valence electrons. The Bertz CT molecular complexity index is 1720. The summed E-state index contributed by atoms with van der Waals surface area (Å²) >= 11 is 1.11. The lowest BCUT2D eigenvalue weighted by atomic mass is 9.88. The van der Waals surface area contributed by atoms with Crippen molar-refractivity contribution in [3.05, 3.63) is 125 Å². The SMILES string of the molecule is COc1ccc(C2(O)OC(=O)C(c3ccc4nsnc4c3)=C2Cc2ccccc2)cc1OC.O=Cc1ccccc1. The van der Waals surface area contributed by atoms with Gasteiger partial charge in [0.1, 0.15) is 17.3 Å². The van der Waals surface area contributed by atoms with Crippen LogP contribution in [0.5, 0.6) is 11.5 Å². The van der Waals surface area contributed by atoms with E-state index in [0.29, 0.717) is 45.7 Å². The number of esters is 1. The molecule has 1 N–H and O–H groups in total. The van der Waals surface area contributed by atoms with E-state index in [1.807, 2.05) is 54.6 Å². The lowest BCUT2D eigenvalue weighted by molar-refractivity contribution is -0.185. The summed E-state index contributed by atoms with van der Waals surface area (Å²) in [5.74, 6) is -1.66. The number of hydrogen-bond donors (Lipinski definition) is 1. The standard InChI is InChI=1S/C25H20N2O5S.C7H6O/c1-30-21-11-9-17(14-22(21)31-2)25(29)18(12-15-6-4-3-5-7-15)23(24(28)32-25)16-8-10-19-20(13-16)27-33-26-19;8-6-7-4-2-1-3-5-7/h3-11,13-14,29H,12H2,1-2H3;1-6H. The van der Waals surface area contributed by atoms with Crippen molar-refractivity contribution >= 4 is 40.6 Å². The van der Waals surface area contributed by atoms with Crippen LogP contribution in [0, 0.1) is 0 Å². The van der Waals surface area contributed by atoms with Gasteiger partial charge in [-0.1, -0.05) is 66.7 Å². The molecule has 4 aromatic carbocycles. The van der Waals surface area contributed by atoms with E-state index in [2.05, 4.69) is 8.75 Å². The molecule has 1 aliphatic heterocycles. The van der Waals surface area contributed by atoms with Crippen molar-refractivity contribution < 1.29 is 28.9 Å². The maximum Gasteiger partial charge on any atom is 0.342 e. The summed E-state index contributed by atoms with van der Waals surface area (Å²) in [5, 5.41) is 11.8. The first-order valence-corrected chi connectivity index (χ1v) is 13.4. The topological polar surface area (TPSA) is 108 Å². The van der Waals surface area contributed by atoms with Gasteiger partial charge in [-0.05, 0) is 41.5 Å². The summed E-state index contributed by atoms with van der Waals surface area (Å²) in [6.45, 7) is 0. The number of nitrogens with zero attached hydrogens (tertiary/aromatic N) is 2. The second-order valence-electron chi connectivity index (χ2n) is 9.12. The smallest absolute Gasteiger partial charge is 0.342 e. The van der Waals surface area contributed by atoms with Crippen molar-refractivity contribution in [2.45, 2.75) is 12.2 Å². The molecule has 8 nitrogen and oxygen atoms in total. The number of carbonyl (C=O) groups is 2. The number of aliphatic hydroxyl groups is 1. The molecule has 0 saturated carbocycles. The van der Waals surface area contributed by atoms with E-state index in [9.17, 15) is 14.7 Å². The summed E-state index contributed by atoms with van der Waals surface area (Å²) in [7, 11) is 3.04. The predicted molar refractivity (Wildman–Crippen MR) is 156 cm³/mol. The van der Waals surface area contributed by atoms with Crippen LogP contribution in [-0.2, 0) is 21.7 Å². The molecule has 9 heteroatoms. The Labute approximate surface area is 240 Å². The van der Waals surface area contributed by atoms with Crippen LogP contribution in [0.15, 0.2) is 103 Å². The zero-order valence-corrected chi connectivity index (χ0v) is 23.1. The van der Waals surface area contributed by atoms with Crippen molar-refractivity contribution in [1.29, 1.82) is 0 Å². The van der Waals surface area contributed by atoms with Gasteiger partial charge in [-0.25, -0.2) is 4.79 Å². The van der Waals surface area contributed by atoms with E-state index in [-0.39, 0.29) is 0 Å². The van der Waals surface area contributed by atoms with Gasteiger partial charge >= 0.3 is 5.97 Å². The van der Waals surface area contributed by atoms with E-state index < -0.39 is 11.8 Å². The van der Waals surface area contributed by atoms with Crippen LogP contribution in [-0.4, -0.2) is 40.3 Å². The van der Waals surface area contributed by atoms with Gasteiger partial charge in [0.05, 0.1) is 31.5 Å². The minimum Gasteiger partial charge on any atom is -0.493 e. The molecule has 0 bridgehead atoms. The highest BCUT2D eigenvalue weighted by Crippen LogP contribution is 2.46. The molecular weight excluding hydrogens is 540 g/mol. The van der Waals surface area contributed by atoms with Crippen LogP contribution in [0.25, 0.3) is 16.6 Å². The average molecular weight is 567 g/mol. The molecule has 0 fully saturated rings. The van der Waals surface area contributed by atoms with E-state index in [4.69, 9.17) is 14.2 Å². The quantitative estimate of drug-likeness (QED) is 0.200. The maximum absolute atomic E-state index is 13.2. The van der Waals surface area contributed by atoms with E-state index in [0.717, 1.165) is 34.7 Å².